The van der Waals surface area contributed by atoms with Crippen molar-refractivity contribution >= 4 is 32.4 Å². The minimum Gasteiger partial charge on any atom is -0.468 e. The third-order valence-corrected chi connectivity index (χ3v) is 11.3. The molecular formula is C42H61N8O10P. The summed E-state index contributed by atoms with van der Waals surface area (Å²) in [5.74, 6) is -1.49. The van der Waals surface area contributed by atoms with Gasteiger partial charge in [0.15, 0.2) is 5.82 Å². The molecule has 18 nitrogen and oxygen atoms in total. The maximum absolute atomic E-state index is 12.2. The highest BCUT2D eigenvalue weighted by Crippen LogP contribution is 2.46. The number of carbonyl (C=O) groups excluding carboxylic acids is 4. The van der Waals surface area contributed by atoms with Crippen molar-refractivity contribution in [3.63, 3.8) is 0 Å². The van der Waals surface area contributed by atoms with Gasteiger partial charge in [0.2, 0.25) is 0 Å². The Hall–Kier alpha value is -4.89. The van der Waals surface area contributed by atoms with E-state index in [9.17, 15) is 19.2 Å². The second-order valence-electron chi connectivity index (χ2n) is 14.6. The summed E-state index contributed by atoms with van der Waals surface area (Å²) in [6, 6.07) is 13.5. The number of nitrogens with zero attached hydrogens (tertiary/aromatic N) is 8. The summed E-state index contributed by atoms with van der Waals surface area (Å²) in [6.45, 7) is 9.12. The number of rotatable bonds is 28. The van der Waals surface area contributed by atoms with E-state index < -0.39 is 32.4 Å². The number of hydrogen-bond donors (Lipinski definition) is 0. The number of hydrogen-bond acceptors (Lipinski definition) is 17. The smallest absolute Gasteiger partial charge is 0.319 e. The zero-order valence-electron chi connectivity index (χ0n) is 36.7. The first-order valence-corrected chi connectivity index (χ1v) is 21.4. The zero-order valence-corrected chi connectivity index (χ0v) is 37.6. The lowest BCUT2D eigenvalue weighted by Gasteiger charge is -2.35. The standard InChI is InChI=1S/C42H61N8O10P/c1-31(2)50(32(3)4)61(60-23-15-21-43)59-22-12-10-9-11-16-33-24-49(37-20-14-18-35(45-37)26-48(29-40(53)57-7)30-41(54)58-8)46-42(33)36-19-13-17-34(44-36)25-47(27-38(51)55-5)28-39(52)56-6/h13-14,17-20,24,31-32H,9-12,15-16,22-23,25-30H2,1-8H3. The van der Waals surface area contributed by atoms with Gasteiger partial charge in [0.05, 0.1) is 97.4 Å². The molecule has 0 saturated heterocycles. The largest absolute Gasteiger partial charge is 0.468 e. The number of pyridine rings is 2. The summed E-state index contributed by atoms with van der Waals surface area (Å²) in [5, 5.41) is 14.0. The Labute approximate surface area is 360 Å². The van der Waals surface area contributed by atoms with Crippen molar-refractivity contribution in [2.75, 3.05) is 67.8 Å². The number of aromatic nitrogens is 4. The molecule has 0 aromatic carbocycles. The van der Waals surface area contributed by atoms with Gasteiger partial charge in [-0.15, -0.1) is 0 Å². The maximum Gasteiger partial charge on any atom is 0.319 e. The summed E-state index contributed by atoms with van der Waals surface area (Å²) in [6.07, 6.45) is 6.46. The predicted molar refractivity (Wildman–Crippen MR) is 227 cm³/mol. The number of methoxy groups -OCH3 is 4. The highest BCUT2D eigenvalue weighted by atomic mass is 31.2. The first-order valence-electron chi connectivity index (χ1n) is 20.3. The maximum atomic E-state index is 12.2. The van der Waals surface area contributed by atoms with Crippen molar-refractivity contribution in [3.05, 3.63) is 59.5 Å². The monoisotopic (exact) mass is 868 g/mol. The van der Waals surface area contributed by atoms with Gasteiger partial charge < -0.3 is 28.0 Å². The van der Waals surface area contributed by atoms with E-state index in [0.717, 1.165) is 31.2 Å². The van der Waals surface area contributed by atoms with Crippen LogP contribution in [-0.4, -0.2) is 138 Å². The normalized spacial score (nSPS) is 11.9. The molecule has 0 spiro atoms. The Morgan fingerprint density at radius 3 is 1.74 bits per heavy atom. The fourth-order valence-electron chi connectivity index (χ4n) is 6.32. The molecule has 0 aliphatic rings. The molecule has 0 aliphatic heterocycles. The van der Waals surface area contributed by atoms with E-state index in [2.05, 4.69) is 38.4 Å². The molecule has 0 amide bonds. The SMILES string of the molecule is COC(=O)CN(CC(=O)OC)Cc1cccc(-c2nn(-c3cccc(CN(CC(=O)OC)CC(=O)OC)n3)cc2CCCCCCOP(OCCC#N)N(C(C)C)C(C)C)n1. The van der Waals surface area contributed by atoms with Crippen LogP contribution in [0.15, 0.2) is 42.6 Å². The van der Waals surface area contributed by atoms with Gasteiger partial charge in [-0.25, -0.2) is 19.3 Å². The number of carbonyl (C=O) groups is 4. The summed E-state index contributed by atoms with van der Waals surface area (Å²) in [4.78, 5) is 61.5. The van der Waals surface area contributed by atoms with Crippen molar-refractivity contribution in [1.29, 1.82) is 5.26 Å². The molecule has 19 heteroatoms. The Morgan fingerprint density at radius 1 is 0.705 bits per heavy atom. The fourth-order valence-corrected chi connectivity index (χ4v) is 7.95. The van der Waals surface area contributed by atoms with Gasteiger partial charge in [-0.2, -0.15) is 10.4 Å². The van der Waals surface area contributed by atoms with Crippen molar-refractivity contribution in [2.24, 2.45) is 0 Å². The van der Waals surface area contributed by atoms with Gasteiger partial charge in [-0.3, -0.25) is 29.0 Å². The van der Waals surface area contributed by atoms with Crippen molar-refractivity contribution in [3.8, 4) is 23.3 Å². The Balaban J connectivity index is 1.86. The van der Waals surface area contributed by atoms with Crippen LogP contribution < -0.4 is 0 Å². The van der Waals surface area contributed by atoms with Crippen LogP contribution in [0.2, 0.25) is 0 Å². The van der Waals surface area contributed by atoms with E-state index in [4.69, 9.17) is 48.3 Å². The van der Waals surface area contributed by atoms with E-state index in [1.54, 1.807) is 20.5 Å². The van der Waals surface area contributed by atoms with Crippen molar-refractivity contribution in [1.82, 2.24) is 34.2 Å². The second kappa shape index (κ2) is 27.1. The van der Waals surface area contributed by atoms with Crippen molar-refractivity contribution < 1.29 is 47.2 Å². The quantitative estimate of drug-likeness (QED) is 0.0407. The third-order valence-electron chi connectivity index (χ3n) is 9.16. The molecule has 334 valence electrons. The lowest BCUT2D eigenvalue weighted by Crippen LogP contribution is -2.35. The summed E-state index contributed by atoms with van der Waals surface area (Å²) in [7, 11) is 3.84. The molecule has 1 atom stereocenters. The van der Waals surface area contributed by atoms with Gasteiger partial charge in [0.25, 0.3) is 8.53 Å². The number of aryl methyl sites for hydroxylation is 1. The predicted octanol–water partition coefficient (Wildman–Crippen LogP) is 5.02. The van der Waals surface area contributed by atoms with Gasteiger partial charge in [0.1, 0.15) is 5.69 Å². The number of ether oxygens (including phenoxy) is 4. The molecule has 61 heavy (non-hydrogen) atoms. The second-order valence-corrected chi connectivity index (χ2v) is 16.0. The minimum absolute atomic E-state index is 0.134. The minimum atomic E-state index is -1.30. The molecule has 1 unspecified atom stereocenters. The number of nitriles is 1. The van der Waals surface area contributed by atoms with E-state index in [-0.39, 0.29) is 51.4 Å². The van der Waals surface area contributed by atoms with E-state index in [1.165, 1.54) is 28.4 Å². The molecular weight excluding hydrogens is 807 g/mol. The average Bonchev–Trinajstić information content (AvgIpc) is 3.67. The molecule has 0 N–H and O–H groups in total. The molecule has 3 aromatic rings. The van der Waals surface area contributed by atoms with E-state index in [0.29, 0.717) is 54.6 Å². The van der Waals surface area contributed by atoms with Crippen LogP contribution in [0.5, 0.6) is 0 Å². The first kappa shape index (κ1) is 50.5. The van der Waals surface area contributed by atoms with Crippen LogP contribution in [0.4, 0.5) is 0 Å². The molecule has 0 radical (unpaired) electrons. The van der Waals surface area contributed by atoms with Crippen LogP contribution in [0.25, 0.3) is 17.2 Å². The molecule has 0 fully saturated rings. The van der Waals surface area contributed by atoms with Gasteiger partial charge in [0, 0.05) is 36.9 Å². The number of unbranched alkanes of at least 4 members (excludes halogenated alkanes) is 3. The van der Waals surface area contributed by atoms with E-state index in [1.807, 2.05) is 36.5 Å². The van der Waals surface area contributed by atoms with Gasteiger partial charge in [-0.1, -0.05) is 25.0 Å². The first-order chi connectivity index (χ1) is 29.3. The van der Waals surface area contributed by atoms with Crippen molar-refractivity contribution in [2.45, 2.75) is 91.4 Å². The Kier molecular flexibility index (Phi) is 22.5. The third kappa shape index (κ3) is 17.6. The molecule has 3 rings (SSSR count). The fraction of sp³-hybridized carbons (Fsp3) is 0.571. The lowest BCUT2D eigenvalue weighted by atomic mass is 10.0. The average molecular weight is 869 g/mol. The van der Waals surface area contributed by atoms with Crippen LogP contribution in [0, 0.1) is 11.3 Å². The Morgan fingerprint density at radius 2 is 1.21 bits per heavy atom. The highest BCUT2D eigenvalue weighted by Gasteiger charge is 2.27. The van der Waals surface area contributed by atoms with Gasteiger partial charge >= 0.3 is 23.9 Å². The molecule has 0 aliphatic carbocycles. The Bertz CT molecular complexity index is 1840. The van der Waals surface area contributed by atoms with E-state index >= 15 is 0 Å². The molecule has 0 bridgehead atoms. The molecule has 0 saturated carbocycles. The zero-order chi connectivity index (χ0) is 44.7. The molecule has 3 aromatic heterocycles. The molecule has 3 heterocycles. The van der Waals surface area contributed by atoms with Crippen LogP contribution >= 0.6 is 8.53 Å². The lowest BCUT2D eigenvalue weighted by molar-refractivity contribution is -0.147. The summed E-state index contributed by atoms with van der Waals surface area (Å²) >= 11 is 0. The van der Waals surface area contributed by atoms with Gasteiger partial charge in [-0.05, 0) is 71.2 Å². The van der Waals surface area contributed by atoms with Crippen LogP contribution in [0.3, 0.4) is 0 Å². The summed E-state index contributed by atoms with van der Waals surface area (Å²) < 4.78 is 35.6. The topological polar surface area (TPSA) is 201 Å². The van der Waals surface area contributed by atoms with Crippen LogP contribution in [0.1, 0.15) is 76.8 Å². The van der Waals surface area contributed by atoms with Crippen LogP contribution in [-0.2, 0) is 66.7 Å². The number of esters is 4. The highest BCUT2D eigenvalue weighted by molar-refractivity contribution is 7.44. The summed E-state index contributed by atoms with van der Waals surface area (Å²) in [5.41, 5.74) is 3.37.